The molecule has 66 valence electrons. The fraction of sp³-hybridized carbons (Fsp3) is 0.333. The standard InChI is InChI=1S/C9H10F2O/c1-6-3-4-8(11)7(2)9(6)12-5-10/h3-4H,5H2,1-2H3. The smallest absolute Gasteiger partial charge is 0.228 e. The van der Waals surface area contributed by atoms with Crippen LogP contribution in [0.15, 0.2) is 12.1 Å². The van der Waals surface area contributed by atoms with Crippen molar-refractivity contribution in [3.05, 3.63) is 29.1 Å². The lowest BCUT2D eigenvalue weighted by atomic mass is 10.1. The topological polar surface area (TPSA) is 9.23 Å². The van der Waals surface area contributed by atoms with Gasteiger partial charge in [-0.05, 0) is 25.5 Å². The minimum Gasteiger partial charge on any atom is -0.462 e. The van der Waals surface area contributed by atoms with Gasteiger partial charge in [-0.15, -0.1) is 0 Å². The third-order valence-corrected chi connectivity index (χ3v) is 1.74. The molecule has 0 spiro atoms. The molecular formula is C9H10F2O. The van der Waals surface area contributed by atoms with Crippen LogP contribution in [0.4, 0.5) is 8.78 Å². The highest BCUT2D eigenvalue weighted by atomic mass is 19.1. The molecule has 0 heterocycles. The van der Waals surface area contributed by atoms with E-state index in [0.29, 0.717) is 11.3 Å². The van der Waals surface area contributed by atoms with Crippen LogP contribution in [0.3, 0.4) is 0 Å². The Bertz CT molecular complexity index is 284. The van der Waals surface area contributed by atoms with Gasteiger partial charge in [0.25, 0.3) is 0 Å². The number of alkyl halides is 1. The summed E-state index contributed by atoms with van der Waals surface area (Å²) >= 11 is 0. The predicted octanol–water partition coefficient (Wildman–Crippen LogP) is 2.75. The molecule has 0 N–H and O–H groups in total. The van der Waals surface area contributed by atoms with Gasteiger partial charge in [0.2, 0.25) is 6.86 Å². The number of ether oxygens (including phenoxy) is 1. The molecule has 0 aliphatic carbocycles. The first-order valence-corrected chi connectivity index (χ1v) is 3.61. The molecule has 1 aromatic carbocycles. The van der Waals surface area contributed by atoms with E-state index in [9.17, 15) is 8.78 Å². The molecule has 0 aliphatic rings. The monoisotopic (exact) mass is 172 g/mol. The molecule has 0 saturated heterocycles. The second-order valence-corrected chi connectivity index (χ2v) is 2.57. The van der Waals surface area contributed by atoms with Crippen LogP contribution in [0.2, 0.25) is 0 Å². The van der Waals surface area contributed by atoms with Gasteiger partial charge in [-0.25, -0.2) is 8.78 Å². The lowest BCUT2D eigenvalue weighted by Gasteiger charge is -2.08. The lowest BCUT2D eigenvalue weighted by Crippen LogP contribution is -1.97. The lowest BCUT2D eigenvalue weighted by molar-refractivity contribution is 0.188. The van der Waals surface area contributed by atoms with Crippen molar-refractivity contribution in [1.29, 1.82) is 0 Å². The Balaban J connectivity index is 3.14. The zero-order valence-electron chi connectivity index (χ0n) is 7.03. The average molecular weight is 172 g/mol. The zero-order chi connectivity index (χ0) is 9.14. The maximum Gasteiger partial charge on any atom is 0.228 e. The molecule has 1 nitrogen and oxygen atoms in total. The molecule has 0 atom stereocenters. The van der Waals surface area contributed by atoms with E-state index < -0.39 is 6.86 Å². The van der Waals surface area contributed by atoms with Crippen LogP contribution in [-0.4, -0.2) is 6.86 Å². The van der Waals surface area contributed by atoms with Crippen molar-refractivity contribution >= 4 is 0 Å². The molecule has 0 saturated carbocycles. The second kappa shape index (κ2) is 3.52. The molecule has 0 aromatic heterocycles. The van der Waals surface area contributed by atoms with E-state index in [-0.39, 0.29) is 5.82 Å². The zero-order valence-corrected chi connectivity index (χ0v) is 7.03. The summed E-state index contributed by atoms with van der Waals surface area (Å²) in [7, 11) is 0. The van der Waals surface area contributed by atoms with Gasteiger partial charge >= 0.3 is 0 Å². The summed E-state index contributed by atoms with van der Waals surface area (Å²) in [5.74, 6) is -0.0680. The summed E-state index contributed by atoms with van der Waals surface area (Å²) < 4.78 is 29.3. The number of benzene rings is 1. The van der Waals surface area contributed by atoms with E-state index >= 15 is 0 Å². The van der Waals surface area contributed by atoms with Crippen molar-refractivity contribution in [3.8, 4) is 5.75 Å². The molecule has 0 unspecified atom stereocenters. The first-order valence-electron chi connectivity index (χ1n) is 3.61. The number of rotatable bonds is 2. The van der Waals surface area contributed by atoms with E-state index in [1.165, 1.54) is 6.07 Å². The van der Waals surface area contributed by atoms with Gasteiger partial charge in [0.05, 0.1) is 0 Å². The summed E-state index contributed by atoms with van der Waals surface area (Å²) in [5, 5.41) is 0. The summed E-state index contributed by atoms with van der Waals surface area (Å²) in [5.41, 5.74) is 1.10. The van der Waals surface area contributed by atoms with Crippen LogP contribution in [-0.2, 0) is 0 Å². The van der Waals surface area contributed by atoms with Crippen molar-refractivity contribution < 1.29 is 13.5 Å². The molecule has 0 bridgehead atoms. The third kappa shape index (κ3) is 1.55. The Morgan fingerprint density at radius 2 is 2.00 bits per heavy atom. The van der Waals surface area contributed by atoms with Crippen molar-refractivity contribution in [1.82, 2.24) is 0 Å². The average Bonchev–Trinajstić information content (AvgIpc) is 2.06. The van der Waals surface area contributed by atoms with E-state index in [1.807, 2.05) is 0 Å². The van der Waals surface area contributed by atoms with Gasteiger partial charge in [-0.2, -0.15) is 0 Å². The van der Waals surface area contributed by atoms with Gasteiger partial charge in [-0.1, -0.05) is 6.07 Å². The van der Waals surface area contributed by atoms with E-state index in [4.69, 9.17) is 0 Å². The molecule has 1 aromatic rings. The van der Waals surface area contributed by atoms with Crippen LogP contribution in [0, 0.1) is 19.7 Å². The first kappa shape index (κ1) is 8.97. The summed E-state index contributed by atoms with van der Waals surface area (Å²) in [6.45, 7) is 2.38. The van der Waals surface area contributed by atoms with Gasteiger partial charge < -0.3 is 4.74 Å². The highest BCUT2D eigenvalue weighted by molar-refractivity contribution is 5.40. The number of hydrogen-bond donors (Lipinski definition) is 0. The van der Waals surface area contributed by atoms with Crippen LogP contribution >= 0.6 is 0 Å². The molecule has 0 fully saturated rings. The van der Waals surface area contributed by atoms with Crippen LogP contribution in [0.1, 0.15) is 11.1 Å². The van der Waals surface area contributed by atoms with Crippen LogP contribution in [0.25, 0.3) is 0 Å². The minimum atomic E-state index is -0.925. The molecule has 0 amide bonds. The van der Waals surface area contributed by atoms with Crippen molar-refractivity contribution in [3.63, 3.8) is 0 Å². The minimum absolute atomic E-state index is 0.303. The van der Waals surface area contributed by atoms with E-state index in [2.05, 4.69) is 4.74 Å². The highest BCUT2D eigenvalue weighted by Crippen LogP contribution is 2.24. The maximum absolute atomic E-state index is 12.9. The molecule has 0 radical (unpaired) electrons. The van der Waals surface area contributed by atoms with Crippen LogP contribution < -0.4 is 4.74 Å². The SMILES string of the molecule is Cc1ccc(F)c(C)c1OCF. The second-order valence-electron chi connectivity index (χ2n) is 2.57. The van der Waals surface area contributed by atoms with Crippen molar-refractivity contribution in [2.45, 2.75) is 13.8 Å². The van der Waals surface area contributed by atoms with Gasteiger partial charge in [-0.3, -0.25) is 0 Å². The van der Waals surface area contributed by atoms with Crippen LogP contribution in [0.5, 0.6) is 5.75 Å². The Hall–Kier alpha value is -1.12. The fourth-order valence-corrected chi connectivity index (χ4v) is 1.08. The molecule has 3 heteroatoms. The molecular weight excluding hydrogens is 162 g/mol. The molecule has 0 aliphatic heterocycles. The number of aryl methyl sites for hydroxylation is 1. The Kier molecular flexibility index (Phi) is 2.63. The van der Waals surface area contributed by atoms with E-state index in [1.54, 1.807) is 19.9 Å². The van der Waals surface area contributed by atoms with Gasteiger partial charge in [0.1, 0.15) is 11.6 Å². The number of halogens is 2. The van der Waals surface area contributed by atoms with E-state index in [0.717, 1.165) is 5.56 Å². The van der Waals surface area contributed by atoms with Gasteiger partial charge in [0.15, 0.2) is 0 Å². The predicted molar refractivity (Wildman–Crippen MR) is 42.5 cm³/mol. The van der Waals surface area contributed by atoms with Gasteiger partial charge in [0, 0.05) is 5.56 Å². The highest BCUT2D eigenvalue weighted by Gasteiger charge is 2.07. The summed E-state index contributed by atoms with van der Waals surface area (Å²) in [6.07, 6.45) is 0. The van der Waals surface area contributed by atoms with Crippen molar-refractivity contribution in [2.24, 2.45) is 0 Å². The summed E-state index contributed by atoms with van der Waals surface area (Å²) in [4.78, 5) is 0. The fourth-order valence-electron chi connectivity index (χ4n) is 1.08. The largest absolute Gasteiger partial charge is 0.462 e. The van der Waals surface area contributed by atoms with Crippen molar-refractivity contribution in [2.75, 3.05) is 6.86 Å². The third-order valence-electron chi connectivity index (χ3n) is 1.74. The quantitative estimate of drug-likeness (QED) is 0.666. The Morgan fingerprint density at radius 1 is 1.33 bits per heavy atom. The first-order chi connectivity index (χ1) is 5.66. The summed E-state index contributed by atoms with van der Waals surface area (Å²) in [6, 6.07) is 2.91. The normalized spacial score (nSPS) is 10.0. The number of hydrogen-bond acceptors (Lipinski definition) is 1. The Labute approximate surface area is 70.0 Å². The maximum atomic E-state index is 12.9. The Morgan fingerprint density at radius 3 is 2.58 bits per heavy atom. The molecule has 1 rings (SSSR count). The molecule has 12 heavy (non-hydrogen) atoms.